The van der Waals surface area contributed by atoms with Crippen molar-refractivity contribution in [1.29, 1.82) is 5.26 Å². The number of rotatable bonds is 2. The Morgan fingerprint density at radius 3 is 2.60 bits per heavy atom. The van der Waals surface area contributed by atoms with Gasteiger partial charge in [-0.1, -0.05) is 0 Å². The predicted octanol–water partition coefficient (Wildman–Crippen LogP) is 0.931. The molecule has 0 radical (unpaired) electrons. The third kappa shape index (κ3) is 1.35. The van der Waals surface area contributed by atoms with E-state index in [0.29, 0.717) is 0 Å². The number of nitriles is 1. The SMILES string of the molecule is N#C/C=C(/C(=O)O)C1CC1. The van der Waals surface area contributed by atoms with Crippen LogP contribution in [0.1, 0.15) is 12.8 Å². The Bertz CT molecular complexity index is 220. The monoisotopic (exact) mass is 137 g/mol. The number of nitrogens with zero attached hydrogens (tertiary/aromatic N) is 1. The highest BCUT2D eigenvalue weighted by atomic mass is 16.4. The molecule has 0 aromatic rings. The average Bonchev–Trinajstić information content (AvgIpc) is 2.63. The van der Waals surface area contributed by atoms with Crippen molar-refractivity contribution in [3.05, 3.63) is 11.6 Å². The second kappa shape index (κ2) is 2.53. The summed E-state index contributed by atoms with van der Waals surface area (Å²) >= 11 is 0. The molecule has 0 amide bonds. The van der Waals surface area contributed by atoms with Crippen LogP contribution in [-0.2, 0) is 4.79 Å². The topological polar surface area (TPSA) is 61.1 Å². The molecule has 52 valence electrons. The lowest BCUT2D eigenvalue weighted by Crippen LogP contribution is -2.01. The molecule has 1 aliphatic carbocycles. The highest BCUT2D eigenvalue weighted by Gasteiger charge is 2.29. The fourth-order valence-corrected chi connectivity index (χ4v) is 0.818. The molecule has 0 saturated heterocycles. The lowest BCUT2D eigenvalue weighted by atomic mass is 10.1. The molecule has 0 spiro atoms. The number of allylic oxidation sites excluding steroid dienone is 1. The molecule has 3 nitrogen and oxygen atoms in total. The lowest BCUT2D eigenvalue weighted by Gasteiger charge is -1.92. The van der Waals surface area contributed by atoms with E-state index in [1.54, 1.807) is 6.07 Å². The number of hydrogen-bond acceptors (Lipinski definition) is 2. The maximum Gasteiger partial charge on any atom is 0.332 e. The summed E-state index contributed by atoms with van der Waals surface area (Å²) in [4.78, 5) is 10.4. The number of aliphatic carboxylic acids is 1. The quantitative estimate of drug-likeness (QED) is 0.455. The molecule has 3 heteroatoms. The fraction of sp³-hybridized carbons (Fsp3) is 0.429. The minimum atomic E-state index is -0.955. The van der Waals surface area contributed by atoms with Crippen LogP contribution in [0.5, 0.6) is 0 Å². The Morgan fingerprint density at radius 2 is 2.30 bits per heavy atom. The highest BCUT2D eigenvalue weighted by Crippen LogP contribution is 2.36. The van der Waals surface area contributed by atoms with Gasteiger partial charge < -0.3 is 5.11 Å². The van der Waals surface area contributed by atoms with Crippen LogP contribution in [0.2, 0.25) is 0 Å². The van der Waals surface area contributed by atoms with Crippen molar-refractivity contribution in [2.24, 2.45) is 5.92 Å². The van der Waals surface area contributed by atoms with Crippen LogP contribution in [0.3, 0.4) is 0 Å². The second-order valence-corrected chi connectivity index (χ2v) is 2.31. The van der Waals surface area contributed by atoms with Crippen molar-refractivity contribution in [3.8, 4) is 6.07 Å². The minimum absolute atomic E-state index is 0.150. The van der Waals surface area contributed by atoms with Crippen LogP contribution in [0.25, 0.3) is 0 Å². The maximum absolute atomic E-state index is 10.4. The summed E-state index contributed by atoms with van der Waals surface area (Å²) in [6.45, 7) is 0. The normalized spacial score (nSPS) is 18.1. The summed E-state index contributed by atoms with van der Waals surface area (Å²) in [5, 5.41) is 16.7. The maximum atomic E-state index is 10.4. The van der Waals surface area contributed by atoms with E-state index >= 15 is 0 Å². The largest absolute Gasteiger partial charge is 0.478 e. The van der Waals surface area contributed by atoms with Gasteiger partial charge in [0.2, 0.25) is 0 Å². The summed E-state index contributed by atoms with van der Waals surface area (Å²) in [5.74, 6) is -0.804. The van der Waals surface area contributed by atoms with Gasteiger partial charge in [0.05, 0.1) is 11.6 Å². The smallest absolute Gasteiger partial charge is 0.332 e. The van der Waals surface area contributed by atoms with Gasteiger partial charge in [-0.3, -0.25) is 0 Å². The fourth-order valence-electron chi connectivity index (χ4n) is 0.818. The molecule has 1 N–H and O–H groups in total. The zero-order chi connectivity index (χ0) is 7.56. The first-order chi connectivity index (χ1) is 4.75. The third-order valence-corrected chi connectivity index (χ3v) is 1.48. The summed E-state index contributed by atoms with van der Waals surface area (Å²) in [7, 11) is 0. The van der Waals surface area contributed by atoms with Crippen molar-refractivity contribution in [3.63, 3.8) is 0 Å². The summed E-state index contributed by atoms with van der Waals surface area (Å²) < 4.78 is 0. The average molecular weight is 137 g/mol. The van der Waals surface area contributed by atoms with Gasteiger partial charge >= 0.3 is 5.97 Å². The van der Waals surface area contributed by atoms with E-state index < -0.39 is 5.97 Å². The molecular weight excluding hydrogens is 130 g/mol. The minimum Gasteiger partial charge on any atom is -0.478 e. The Morgan fingerprint density at radius 1 is 1.70 bits per heavy atom. The zero-order valence-electron chi connectivity index (χ0n) is 5.37. The molecule has 0 atom stereocenters. The molecule has 1 saturated carbocycles. The van der Waals surface area contributed by atoms with E-state index in [4.69, 9.17) is 10.4 Å². The summed E-state index contributed by atoms with van der Waals surface area (Å²) in [6, 6.07) is 1.73. The van der Waals surface area contributed by atoms with Gasteiger partial charge in [-0.15, -0.1) is 0 Å². The van der Waals surface area contributed by atoms with E-state index in [1.807, 2.05) is 0 Å². The molecular formula is C7H7NO2. The number of hydrogen-bond donors (Lipinski definition) is 1. The molecule has 0 aromatic heterocycles. The van der Waals surface area contributed by atoms with E-state index in [2.05, 4.69) is 0 Å². The molecule has 0 aromatic carbocycles. The van der Waals surface area contributed by atoms with Gasteiger partial charge in [-0.05, 0) is 18.8 Å². The molecule has 10 heavy (non-hydrogen) atoms. The Kier molecular flexibility index (Phi) is 1.72. The van der Waals surface area contributed by atoms with Gasteiger partial charge in [0, 0.05) is 6.08 Å². The second-order valence-electron chi connectivity index (χ2n) is 2.31. The van der Waals surface area contributed by atoms with Crippen LogP contribution in [-0.4, -0.2) is 11.1 Å². The van der Waals surface area contributed by atoms with Crippen molar-refractivity contribution in [2.75, 3.05) is 0 Å². The first-order valence-electron chi connectivity index (χ1n) is 3.08. The summed E-state index contributed by atoms with van der Waals surface area (Å²) in [6.07, 6.45) is 2.96. The van der Waals surface area contributed by atoms with Crippen LogP contribution >= 0.6 is 0 Å². The molecule has 1 fully saturated rings. The van der Waals surface area contributed by atoms with Crippen LogP contribution < -0.4 is 0 Å². The van der Waals surface area contributed by atoms with Crippen molar-refractivity contribution < 1.29 is 9.90 Å². The Hall–Kier alpha value is -1.30. The summed E-state index contributed by atoms with van der Waals surface area (Å²) in [5.41, 5.74) is 0.266. The van der Waals surface area contributed by atoms with Gasteiger partial charge in [-0.25, -0.2) is 4.79 Å². The van der Waals surface area contributed by atoms with Crippen LogP contribution in [0.4, 0.5) is 0 Å². The molecule has 1 rings (SSSR count). The lowest BCUT2D eigenvalue weighted by molar-refractivity contribution is -0.132. The third-order valence-electron chi connectivity index (χ3n) is 1.48. The molecule has 0 unspecified atom stereocenters. The Balaban J connectivity index is 2.70. The molecule has 0 aliphatic heterocycles. The standard InChI is InChI=1S/C7H7NO2/c8-4-3-6(7(9)10)5-1-2-5/h3,5H,1-2H2,(H,9,10)/b6-3+. The van der Waals surface area contributed by atoms with Crippen molar-refractivity contribution in [2.45, 2.75) is 12.8 Å². The van der Waals surface area contributed by atoms with Crippen molar-refractivity contribution >= 4 is 5.97 Å². The van der Waals surface area contributed by atoms with Gasteiger partial charge in [0.1, 0.15) is 0 Å². The molecule has 0 heterocycles. The molecule has 1 aliphatic rings. The Labute approximate surface area is 58.6 Å². The van der Waals surface area contributed by atoms with E-state index in [1.165, 1.54) is 0 Å². The van der Waals surface area contributed by atoms with Gasteiger partial charge in [0.25, 0.3) is 0 Å². The predicted molar refractivity (Wildman–Crippen MR) is 34.1 cm³/mol. The van der Waals surface area contributed by atoms with E-state index in [-0.39, 0.29) is 11.5 Å². The van der Waals surface area contributed by atoms with E-state index in [9.17, 15) is 4.79 Å². The number of carboxylic acid groups (broad SMARTS) is 1. The van der Waals surface area contributed by atoms with Gasteiger partial charge in [-0.2, -0.15) is 5.26 Å². The highest BCUT2D eigenvalue weighted by molar-refractivity contribution is 5.88. The van der Waals surface area contributed by atoms with Crippen LogP contribution in [0.15, 0.2) is 11.6 Å². The number of carbonyl (C=O) groups is 1. The van der Waals surface area contributed by atoms with E-state index in [0.717, 1.165) is 18.9 Å². The number of carboxylic acids is 1. The van der Waals surface area contributed by atoms with Crippen molar-refractivity contribution in [1.82, 2.24) is 0 Å². The zero-order valence-corrected chi connectivity index (χ0v) is 5.37. The molecule has 0 bridgehead atoms. The van der Waals surface area contributed by atoms with Gasteiger partial charge in [0.15, 0.2) is 0 Å². The first kappa shape index (κ1) is 6.81. The van der Waals surface area contributed by atoms with Crippen LogP contribution in [0, 0.1) is 17.2 Å². The first-order valence-corrected chi connectivity index (χ1v) is 3.08.